The first kappa shape index (κ1) is 21.7. The second kappa shape index (κ2) is 17.8. The molecule has 0 aliphatic heterocycles. The van der Waals surface area contributed by atoms with Gasteiger partial charge in [-0.05, 0) is 37.2 Å². The molecule has 0 spiro atoms. The molecule has 3 aromatic rings. The Kier molecular flexibility index (Phi) is 11.0. The van der Waals surface area contributed by atoms with E-state index in [9.17, 15) is 8.42 Å². The molecule has 3 N–H and O–H groups in total. The first-order valence-electron chi connectivity index (χ1n) is 14.0. The summed E-state index contributed by atoms with van der Waals surface area (Å²) in [6.07, 6.45) is 0. The van der Waals surface area contributed by atoms with Crippen molar-refractivity contribution in [1.82, 2.24) is 10.2 Å². The molecule has 0 bridgehead atoms. The monoisotopic (exact) mass is 508 g/mol. The van der Waals surface area contributed by atoms with Crippen LogP contribution in [0.25, 0.3) is 0 Å². The molecule has 35 heavy (non-hydrogen) atoms. The van der Waals surface area contributed by atoms with Crippen molar-refractivity contribution in [1.29, 1.82) is 0 Å². The van der Waals surface area contributed by atoms with Crippen molar-refractivity contribution in [3.05, 3.63) is 102 Å². The van der Waals surface area contributed by atoms with Gasteiger partial charge in [0.05, 0.1) is 29.3 Å². The number of likely N-dealkylation sites (N-methyl/N-ethyl adjacent to an activating group) is 1. The van der Waals surface area contributed by atoms with Crippen LogP contribution < -0.4 is 5.32 Å². The maximum Gasteiger partial charge on any atom is 0.296 e. The van der Waals surface area contributed by atoms with Gasteiger partial charge in [0, 0.05) is 30.3 Å². The summed E-state index contributed by atoms with van der Waals surface area (Å²) in [4.78, 5) is 1.12. The number of hydrogen-bond donors (Lipinski definition) is 3. The van der Waals surface area contributed by atoms with Gasteiger partial charge in [0.25, 0.3) is 10.1 Å². The molecule has 0 saturated carbocycles. The first-order chi connectivity index (χ1) is 19.2. The highest BCUT2D eigenvalue weighted by Gasteiger charge is 2.11. The van der Waals surface area contributed by atoms with E-state index >= 15 is 0 Å². The van der Waals surface area contributed by atoms with Crippen molar-refractivity contribution in [2.45, 2.75) is 24.9 Å². The van der Waals surface area contributed by atoms with Gasteiger partial charge in [0.1, 0.15) is 0 Å². The van der Waals surface area contributed by atoms with Gasteiger partial charge < -0.3 is 15.5 Å². The summed E-state index contributed by atoms with van der Waals surface area (Å²) in [5.74, 6) is 0. The van der Waals surface area contributed by atoms with E-state index in [1.807, 2.05) is 48.5 Å². The van der Waals surface area contributed by atoms with Crippen molar-refractivity contribution in [2.24, 2.45) is 0 Å². The van der Waals surface area contributed by atoms with E-state index in [-0.39, 0.29) is 24.7 Å². The SMILES string of the molecule is OCCNCc1ccccc1.[2H]C([2H])([2H])N(CCO)Cc1ccccc1.[2H]C([2H])([2H])OS(=O)(=O)c1ccc(C)cc1. The van der Waals surface area contributed by atoms with Crippen molar-refractivity contribution in [3.8, 4) is 0 Å². The molecule has 192 valence electrons. The Morgan fingerprint density at radius 3 is 2.00 bits per heavy atom. The molecule has 0 heterocycles. The summed E-state index contributed by atoms with van der Waals surface area (Å²) in [6.45, 7) is 1.68. The molecule has 3 aromatic carbocycles. The largest absolute Gasteiger partial charge is 0.395 e. The first-order valence-corrected chi connectivity index (χ1v) is 12.4. The number of rotatable bonds is 10. The van der Waals surface area contributed by atoms with E-state index in [1.54, 1.807) is 19.1 Å². The summed E-state index contributed by atoms with van der Waals surface area (Å²) in [5.41, 5.74) is 3.06. The van der Waals surface area contributed by atoms with Crippen molar-refractivity contribution in [3.63, 3.8) is 0 Å². The molecule has 7 nitrogen and oxygen atoms in total. The molecule has 0 saturated heterocycles. The maximum absolute atomic E-state index is 11.4. The smallest absolute Gasteiger partial charge is 0.296 e. The van der Waals surface area contributed by atoms with Crippen LogP contribution in [0.2, 0.25) is 0 Å². The molecular formula is C27H38N2O5S. The third-order valence-corrected chi connectivity index (χ3v) is 5.54. The fourth-order valence-corrected chi connectivity index (χ4v) is 3.23. The van der Waals surface area contributed by atoms with Crippen LogP contribution in [0.4, 0.5) is 0 Å². The maximum atomic E-state index is 11.4. The lowest BCUT2D eigenvalue weighted by Crippen LogP contribution is -2.21. The third kappa shape index (κ3) is 13.8. The minimum absolute atomic E-state index is 0.148. The van der Waals surface area contributed by atoms with E-state index < -0.39 is 24.1 Å². The van der Waals surface area contributed by atoms with Crippen LogP contribution in [-0.4, -0.2) is 63.8 Å². The average molecular weight is 509 g/mol. The van der Waals surface area contributed by atoms with Crippen molar-refractivity contribution in [2.75, 3.05) is 40.3 Å². The fourth-order valence-electron chi connectivity index (χ4n) is 2.66. The molecule has 0 aromatic heterocycles. The molecular weight excluding hydrogens is 464 g/mol. The van der Waals surface area contributed by atoms with Gasteiger partial charge in [0.15, 0.2) is 0 Å². The zero-order valence-corrected chi connectivity index (χ0v) is 20.6. The predicted molar refractivity (Wildman–Crippen MR) is 140 cm³/mol. The van der Waals surface area contributed by atoms with Crippen LogP contribution in [0.3, 0.4) is 0 Å². The summed E-state index contributed by atoms with van der Waals surface area (Å²) in [6, 6.07) is 25.2. The van der Waals surface area contributed by atoms with Crippen LogP contribution >= 0.6 is 0 Å². The van der Waals surface area contributed by atoms with Gasteiger partial charge >= 0.3 is 0 Å². The van der Waals surface area contributed by atoms with Gasteiger partial charge in [-0.1, -0.05) is 78.4 Å². The van der Waals surface area contributed by atoms with Gasteiger partial charge in [-0.15, -0.1) is 0 Å². The summed E-state index contributed by atoms with van der Waals surface area (Å²) in [7, 11) is -7.15. The van der Waals surface area contributed by atoms with Gasteiger partial charge in [-0.2, -0.15) is 8.42 Å². The Morgan fingerprint density at radius 1 is 0.886 bits per heavy atom. The number of hydrogen-bond acceptors (Lipinski definition) is 7. The molecule has 0 radical (unpaired) electrons. The van der Waals surface area contributed by atoms with Gasteiger partial charge in [-0.3, -0.25) is 9.08 Å². The highest BCUT2D eigenvalue weighted by Crippen LogP contribution is 2.11. The summed E-state index contributed by atoms with van der Waals surface area (Å²) >= 11 is 0. The Hall–Kier alpha value is -2.59. The molecule has 0 aliphatic carbocycles. The molecule has 8 heteroatoms. The molecule has 0 fully saturated rings. The molecule has 0 unspecified atom stereocenters. The summed E-state index contributed by atoms with van der Waals surface area (Å²) < 4.78 is 68.8. The Balaban J connectivity index is 0.000000312. The number of benzene rings is 3. The third-order valence-electron chi connectivity index (χ3n) is 4.47. The normalized spacial score (nSPS) is 13.9. The number of aryl methyl sites for hydroxylation is 1. The van der Waals surface area contributed by atoms with Crippen LogP contribution in [0, 0.1) is 6.92 Å². The topological polar surface area (TPSA) is 99.1 Å². The van der Waals surface area contributed by atoms with E-state index in [0.717, 1.165) is 17.7 Å². The fraction of sp³-hybridized carbons (Fsp3) is 0.333. The molecule has 0 atom stereocenters. The Morgan fingerprint density at radius 2 is 1.49 bits per heavy atom. The van der Waals surface area contributed by atoms with Crippen molar-refractivity contribution >= 4 is 10.1 Å². The van der Waals surface area contributed by atoms with E-state index in [4.69, 9.17) is 18.4 Å². The van der Waals surface area contributed by atoms with Crippen LogP contribution in [0.1, 0.15) is 24.9 Å². The Bertz CT molecular complexity index is 1210. The molecule has 0 amide bonds. The molecule has 0 aliphatic rings. The van der Waals surface area contributed by atoms with E-state index in [2.05, 4.69) is 21.6 Å². The lowest BCUT2D eigenvalue weighted by Gasteiger charge is -2.14. The lowest BCUT2D eigenvalue weighted by molar-refractivity contribution is 0.217. The van der Waals surface area contributed by atoms with Crippen LogP contribution in [0.15, 0.2) is 89.8 Å². The Labute approximate surface area is 218 Å². The quantitative estimate of drug-likeness (QED) is 0.286. The number of nitrogens with one attached hydrogen (secondary N) is 1. The predicted octanol–water partition coefficient (Wildman–Crippen LogP) is 3.21. The number of aliphatic hydroxyl groups is 2. The number of aliphatic hydroxyl groups excluding tert-OH is 2. The zero-order chi connectivity index (χ0) is 30.9. The average Bonchev–Trinajstić information content (AvgIpc) is 2.89. The second-order valence-corrected chi connectivity index (χ2v) is 8.91. The zero-order valence-electron chi connectivity index (χ0n) is 25.8. The van der Waals surface area contributed by atoms with Crippen LogP contribution in [0.5, 0.6) is 0 Å². The van der Waals surface area contributed by atoms with E-state index in [1.165, 1.54) is 22.6 Å². The standard InChI is InChI=1S/C10H15NO.C9H13NO.C8H10O3S/c1-11(7-8-12)9-10-5-3-2-4-6-10;11-7-6-10-8-9-4-2-1-3-5-9;1-7-3-5-8(6-4-7)12(9,10)11-2/h2-6,12H,7-9H2,1H3;1-5,10-11H,6-8H2;3-6H,1-2H3/i1D3;;2D3. The second-order valence-electron chi connectivity index (χ2n) is 7.37. The number of nitrogens with zero attached hydrogens (tertiary/aromatic N) is 1. The highest BCUT2D eigenvalue weighted by molar-refractivity contribution is 7.86. The van der Waals surface area contributed by atoms with Gasteiger partial charge in [-0.25, -0.2) is 0 Å². The van der Waals surface area contributed by atoms with Crippen LogP contribution in [-0.2, 0) is 27.4 Å². The summed E-state index contributed by atoms with van der Waals surface area (Å²) in [5, 5.41) is 20.4. The highest BCUT2D eigenvalue weighted by atomic mass is 32.2. The van der Waals surface area contributed by atoms with Crippen molar-refractivity contribution < 1.29 is 31.0 Å². The lowest BCUT2D eigenvalue weighted by atomic mass is 10.2. The van der Waals surface area contributed by atoms with Gasteiger partial charge in [0.2, 0.25) is 0 Å². The minimum Gasteiger partial charge on any atom is -0.395 e. The molecule has 3 rings (SSSR count). The van der Waals surface area contributed by atoms with E-state index in [0.29, 0.717) is 13.1 Å². The minimum atomic E-state index is -4.20.